The monoisotopic (exact) mass is 455 g/mol. The van der Waals surface area contributed by atoms with Crippen LogP contribution >= 0.6 is 0 Å². The Hall–Kier alpha value is -3.80. The van der Waals surface area contributed by atoms with Gasteiger partial charge in [0.15, 0.2) is 0 Å². The summed E-state index contributed by atoms with van der Waals surface area (Å²) in [7, 11) is 1.65. The number of carbonyl (C=O) groups excluding carboxylic acids is 1. The van der Waals surface area contributed by atoms with E-state index in [9.17, 15) is 4.79 Å². The fourth-order valence-corrected chi connectivity index (χ4v) is 4.90. The van der Waals surface area contributed by atoms with E-state index in [-0.39, 0.29) is 11.8 Å². The molecule has 0 saturated carbocycles. The molecule has 6 nitrogen and oxygen atoms in total. The van der Waals surface area contributed by atoms with Crippen molar-refractivity contribution in [2.75, 3.05) is 25.2 Å². The number of para-hydroxylation sites is 3. The second kappa shape index (κ2) is 9.21. The van der Waals surface area contributed by atoms with Crippen LogP contribution in [0.15, 0.2) is 66.7 Å². The summed E-state index contributed by atoms with van der Waals surface area (Å²) in [6.07, 6.45) is 0.455. The van der Waals surface area contributed by atoms with E-state index >= 15 is 0 Å². The maximum atomic E-state index is 13.1. The van der Waals surface area contributed by atoms with Crippen LogP contribution in [-0.4, -0.2) is 35.7 Å². The Bertz CT molecular complexity index is 1310. The third-order valence-corrected chi connectivity index (χ3v) is 6.53. The van der Waals surface area contributed by atoms with Crippen molar-refractivity contribution in [2.45, 2.75) is 32.7 Å². The Morgan fingerprint density at radius 3 is 2.38 bits per heavy atom. The Labute approximate surface area is 199 Å². The van der Waals surface area contributed by atoms with Crippen molar-refractivity contribution in [3.8, 4) is 11.5 Å². The Kier molecular flexibility index (Phi) is 5.97. The standard InChI is InChI=1S/C28H29N3O3/c1-19-7-6-8-20(2)27(19)31-18-21(17-26(31)32)28-29-24-9-4-5-10-25(24)30(28)15-16-34-23-13-11-22(33-3)12-14-23/h4-14,21H,15-18H2,1-3H3/t21-/m1/s1. The summed E-state index contributed by atoms with van der Waals surface area (Å²) < 4.78 is 13.4. The predicted octanol–water partition coefficient (Wildman–Crippen LogP) is 5.26. The van der Waals surface area contributed by atoms with Crippen molar-refractivity contribution >= 4 is 22.6 Å². The number of fused-ring (bicyclic) bond motifs is 1. The molecule has 4 aromatic rings. The summed E-state index contributed by atoms with van der Waals surface area (Å²) in [6.45, 7) is 5.91. The molecule has 0 aliphatic carbocycles. The molecule has 0 radical (unpaired) electrons. The number of ether oxygens (including phenoxy) is 2. The zero-order valence-corrected chi connectivity index (χ0v) is 19.8. The predicted molar refractivity (Wildman–Crippen MR) is 134 cm³/mol. The number of hydrogen-bond donors (Lipinski definition) is 0. The van der Waals surface area contributed by atoms with E-state index < -0.39 is 0 Å². The normalized spacial score (nSPS) is 15.8. The van der Waals surface area contributed by atoms with E-state index in [0.717, 1.165) is 45.2 Å². The molecule has 1 atom stereocenters. The van der Waals surface area contributed by atoms with Gasteiger partial charge in [-0.25, -0.2) is 4.98 Å². The highest BCUT2D eigenvalue weighted by atomic mass is 16.5. The fourth-order valence-electron chi connectivity index (χ4n) is 4.90. The molecule has 0 unspecified atom stereocenters. The van der Waals surface area contributed by atoms with Gasteiger partial charge < -0.3 is 18.9 Å². The average Bonchev–Trinajstić information content (AvgIpc) is 3.40. The highest BCUT2D eigenvalue weighted by Crippen LogP contribution is 2.36. The van der Waals surface area contributed by atoms with Gasteiger partial charge in [0.05, 0.1) is 24.7 Å². The molecule has 174 valence electrons. The minimum absolute atomic E-state index is 0.0277. The summed E-state index contributed by atoms with van der Waals surface area (Å²) in [6, 6.07) is 21.9. The van der Waals surface area contributed by atoms with Crippen LogP contribution in [0.2, 0.25) is 0 Å². The maximum Gasteiger partial charge on any atom is 0.227 e. The molecule has 1 aliphatic heterocycles. The van der Waals surface area contributed by atoms with Crippen LogP contribution in [0.5, 0.6) is 11.5 Å². The van der Waals surface area contributed by atoms with E-state index in [2.05, 4.69) is 36.6 Å². The van der Waals surface area contributed by atoms with Crippen molar-refractivity contribution in [1.82, 2.24) is 9.55 Å². The summed E-state index contributed by atoms with van der Waals surface area (Å²) in [5.74, 6) is 2.72. The largest absolute Gasteiger partial charge is 0.497 e. The van der Waals surface area contributed by atoms with Gasteiger partial charge in [-0.2, -0.15) is 0 Å². The summed E-state index contributed by atoms with van der Waals surface area (Å²) >= 11 is 0. The van der Waals surface area contributed by atoms with Crippen molar-refractivity contribution in [3.05, 3.63) is 83.7 Å². The molecule has 0 N–H and O–H groups in total. The second-order valence-corrected chi connectivity index (χ2v) is 8.78. The molecule has 0 spiro atoms. The molecule has 1 aliphatic rings. The number of amides is 1. The number of rotatable bonds is 7. The van der Waals surface area contributed by atoms with E-state index in [4.69, 9.17) is 14.5 Å². The molecular formula is C28H29N3O3. The van der Waals surface area contributed by atoms with Gasteiger partial charge in [-0.3, -0.25) is 4.79 Å². The van der Waals surface area contributed by atoms with Crippen LogP contribution in [-0.2, 0) is 11.3 Å². The minimum Gasteiger partial charge on any atom is -0.497 e. The van der Waals surface area contributed by atoms with Crippen molar-refractivity contribution < 1.29 is 14.3 Å². The number of methoxy groups -OCH3 is 1. The van der Waals surface area contributed by atoms with Gasteiger partial charge in [-0.05, 0) is 61.4 Å². The van der Waals surface area contributed by atoms with E-state index in [0.29, 0.717) is 26.1 Å². The van der Waals surface area contributed by atoms with Gasteiger partial charge in [0.25, 0.3) is 0 Å². The highest BCUT2D eigenvalue weighted by molar-refractivity contribution is 5.98. The van der Waals surface area contributed by atoms with E-state index in [1.807, 2.05) is 53.4 Å². The molecule has 34 heavy (non-hydrogen) atoms. The van der Waals surface area contributed by atoms with Gasteiger partial charge >= 0.3 is 0 Å². The first-order chi connectivity index (χ1) is 16.5. The van der Waals surface area contributed by atoms with Gasteiger partial charge in [-0.15, -0.1) is 0 Å². The lowest BCUT2D eigenvalue weighted by Crippen LogP contribution is -2.26. The molecule has 3 aromatic carbocycles. The number of nitrogens with zero attached hydrogens (tertiary/aromatic N) is 3. The van der Waals surface area contributed by atoms with Crippen molar-refractivity contribution in [1.29, 1.82) is 0 Å². The zero-order valence-electron chi connectivity index (χ0n) is 19.8. The first kappa shape index (κ1) is 22.0. The molecule has 1 aromatic heterocycles. The van der Waals surface area contributed by atoms with Gasteiger partial charge in [0, 0.05) is 24.6 Å². The van der Waals surface area contributed by atoms with Crippen LogP contribution in [0, 0.1) is 13.8 Å². The van der Waals surface area contributed by atoms with E-state index in [1.165, 1.54) is 0 Å². The van der Waals surface area contributed by atoms with Crippen LogP contribution in [0.3, 0.4) is 0 Å². The minimum atomic E-state index is 0.0277. The first-order valence-electron chi connectivity index (χ1n) is 11.6. The van der Waals surface area contributed by atoms with Crippen LogP contribution < -0.4 is 14.4 Å². The molecule has 1 fully saturated rings. The van der Waals surface area contributed by atoms with Crippen molar-refractivity contribution in [2.24, 2.45) is 0 Å². The average molecular weight is 456 g/mol. The molecule has 1 amide bonds. The fraction of sp³-hybridized carbons (Fsp3) is 0.286. The number of anilines is 1. The summed E-state index contributed by atoms with van der Waals surface area (Å²) in [4.78, 5) is 20.0. The molecule has 6 heteroatoms. The molecular weight excluding hydrogens is 426 g/mol. The number of aryl methyl sites for hydroxylation is 2. The SMILES string of the molecule is COc1ccc(OCCn2c([C@@H]3CC(=O)N(c4c(C)cccc4C)C3)nc3ccccc32)cc1. The molecule has 2 heterocycles. The third kappa shape index (κ3) is 4.12. The number of aromatic nitrogens is 2. The topological polar surface area (TPSA) is 56.6 Å². The smallest absolute Gasteiger partial charge is 0.227 e. The Morgan fingerprint density at radius 1 is 0.941 bits per heavy atom. The van der Waals surface area contributed by atoms with Crippen molar-refractivity contribution in [3.63, 3.8) is 0 Å². The second-order valence-electron chi connectivity index (χ2n) is 8.78. The van der Waals surface area contributed by atoms with Crippen LogP contribution in [0.4, 0.5) is 5.69 Å². The number of carbonyl (C=O) groups is 1. The molecule has 0 bridgehead atoms. The highest BCUT2D eigenvalue weighted by Gasteiger charge is 2.35. The Morgan fingerprint density at radius 2 is 1.65 bits per heavy atom. The quantitative estimate of drug-likeness (QED) is 0.381. The summed E-state index contributed by atoms with van der Waals surface area (Å²) in [5.41, 5.74) is 5.28. The maximum absolute atomic E-state index is 13.1. The third-order valence-electron chi connectivity index (χ3n) is 6.53. The zero-order chi connectivity index (χ0) is 23.7. The molecule has 1 saturated heterocycles. The number of hydrogen-bond acceptors (Lipinski definition) is 4. The van der Waals surface area contributed by atoms with Crippen LogP contribution in [0.25, 0.3) is 11.0 Å². The van der Waals surface area contributed by atoms with Gasteiger partial charge in [0.2, 0.25) is 5.91 Å². The first-order valence-corrected chi connectivity index (χ1v) is 11.6. The van der Waals surface area contributed by atoms with Gasteiger partial charge in [0.1, 0.15) is 23.9 Å². The lowest BCUT2D eigenvalue weighted by Gasteiger charge is -2.21. The van der Waals surface area contributed by atoms with Gasteiger partial charge in [-0.1, -0.05) is 30.3 Å². The lowest BCUT2D eigenvalue weighted by molar-refractivity contribution is -0.117. The van der Waals surface area contributed by atoms with Crippen LogP contribution in [0.1, 0.15) is 29.3 Å². The summed E-state index contributed by atoms with van der Waals surface area (Å²) in [5, 5.41) is 0. The number of benzene rings is 3. The molecule has 5 rings (SSSR count). The number of imidazole rings is 1. The lowest BCUT2D eigenvalue weighted by atomic mass is 10.1. The Balaban J connectivity index is 1.40. The van der Waals surface area contributed by atoms with E-state index in [1.54, 1.807) is 7.11 Å².